The Bertz CT molecular complexity index is 709. The van der Waals surface area contributed by atoms with E-state index in [1.165, 1.54) is 0 Å². The van der Waals surface area contributed by atoms with Crippen molar-refractivity contribution in [3.63, 3.8) is 0 Å². The Balaban J connectivity index is 2.16. The van der Waals surface area contributed by atoms with Gasteiger partial charge in [-0.1, -0.05) is 0 Å². The van der Waals surface area contributed by atoms with Crippen molar-refractivity contribution in [3.05, 3.63) is 39.2 Å². The van der Waals surface area contributed by atoms with E-state index in [2.05, 4.69) is 21.0 Å². The number of fused-ring (bicyclic) bond motifs is 1. The van der Waals surface area contributed by atoms with Crippen LogP contribution in [0.2, 0.25) is 0 Å². The lowest BCUT2D eigenvalue weighted by molar-refractivity contribution is 0.782. The summed E-state index contributed by atoms with van der Waals surface area (Å²) in [6.45, 7) is 2.68. The van der Waals surface area contributed by atoms with Crippen LogP contribution < -0.4 is 0 Å². The first kappa shape index (κ1) is 10.6. The molecule has 0 radical (unpaired) electrons. The molecular formula is C11H10N4S2. The zero-order valence-corrected chi connectivity index (χ0v) is 10.8. The number of H-pyrrole nitrogens is 1. The molecule has 0 spiro atoms. The molecule has 0 aliphatic rings. The average molecular weight is 262 g/mol. The third kappa shape index (κ3) is 1.89. The van der Waals surface area contributed by atoms with Crippen molar-refractivity contribution in [2.45, 2.75) is 13.5 Å². The Morgan fingerprint density at radius 3 is 3.12 bits per heavy atom. The van der Waals surface area contributed by atoms with Crippen LogP contribution in [-0.4, -0.2) is 19.5 Å². The predicted molar refractivity (Wildman–Crippen MR) is 70.9 cm³/mol. The largest absolute Gasteiger partial charge is 0.329 e. The van der Waals surface area contributed by atoms with E-state index in [0.717, 1.165) is 22.4 Å². The first-order valence-corrected chi connectivity index (χ1v) is 6.51. The molecule has 0 fully saturated rings. The van der Waals surface area contributed by atoms with Gasteiger partial charge >= 0.3 is 0 Å². The number of hydrogen-bond acceptors (Lipinski definition) is 4. The molecule has 17 heavy (non-hydrogen) atoms. The van der Waals surface area contributed by atoms with E-state index in [4.69, 9.17) is 12.2 Å². The monoisotopic (exact) mass is 262 g/mol. The number of aromatic nitrogens is 4. The van der Waals surface area contributed by atoms with Crippen molar-refractivity contribution in [1.82, 2.24) is 19.5 Å². The van der Waals surface area contributed by atoms with Crippen LogP contribution in [0, 0.1) is 11.7 Å². The molecule has 0 bridgehead atoms. The molecule has 3 heterocycles. The zero-order valence-electron chi connectivity index (χ0n) is 9.17. The van der Waals surface area contributed by atoms with Gasteiger partial charge < -0.3 is 4.98 Å². The maximum atomic E-state index is 5.31. The number of hydrogen-bond donors (Lipinski definition) is 1. The normalized spacial score (nSPS) is 11.1. The number of nitrogens with zero attached hydrogens (tertiary/aromatic N) is 3. The Kier molecular flexibility index (Phi) is 2.53. The molecule has 3 rings (SSSR count). The van der Waals surface area contributed by atoms with Crippen LogP contribution >= 0.6 is 23.6 Å². The summed E-state index contributed by atoms with van der Waals surface area (Å²) in [7, 11) is 0. The molecule has 3 aromatic heterocycles. The van der Waals surface area contributed by atoms with E-state index in [9.17, 15) is 0 Å². The quantitative estimate of drug-likeness (QED) is 0.722. The van der Waals surface area contributed by atoms with Crippen LogP contribution in [0.1, 0.15) is 11.3 Å². The molecule has 0 aromatic carbocycles. The van der Waals surface area contributed by atoms with Crippen molar-refractivity contribution in [1.29, 1.82) is 0 Å². The van der Waals surface area contributed by atoms with Crippen molar-refractivity contribution < 1.29 is 0 Å². The summed E-state index contributed by atoms with van der Waals surface area (Å²) in [4.78, 5) is 11.9. The highest BCUT2D eigenvalue weighted by Gasteiger charge is 2.07. The topological polar surface area (TPSA) is 46.5 Å². The zero-order chi connectivity index (χ0) is 11.8. The summed E-state index contributed by atoms with van der Waals surface area (Å²) in [5, 5.41) is 2.02. The summed E-state index contributed by atoms with van der Waals surface area (Å²) in [5.74, 6) is 0. The molecule has 0 saturated carbocycles. The number of aryl methyl sites for hydroxylation is 1. The van der Waals surface area contributed by atoms with Gasteiger partial charge in [0.2, 0.25) is 0 Å². The van der Waals surface area contributed by atoms with Gasteiger partial charge in [0.05, 0.1) is 23.3 Å². The van der Waals surface area contributed by atoms with E-state index in [1.54, 1.807) is 11.3 Å². The van der Waals surface area contributed by atoms with Crippen LogP contribution in [0.25, 0.3) is 11.2 Å². The second-order valence-corrected chi connectivity index (χ2v) is 4.99. The molecule has 0 unspecified atom stereocenters. The fourth-order valence-electron chi connectivity index (χ4n) is 1.77. The summed E-state index contributed by atoms with van der Waals surface area (Å²) >= 11 is 6.90. The number of imidazole rings is 1. The molecular weight excluding hydrogens is 252 g/mol. The third-order valence-corrected chi connectivity index (χ3v) is 3.51. The van der Waals surface area contributed by atoms with Gasteiger partial charge in [0.1, 0.15) is 0 Å². The predicted octanol–water partition coefficient (Wildman–Crippen LogP) is 2.91. The minimum absolute atomic E-state index is 0.665. The van der Waals surface area contributed by atoms with Gasteiger partial charge in [0, 0.05) is 11.6 Å². The van der Waals surface area contributed by atoms with Gasteiger partial charge in [-0.2, -0.15) is 0 Å². The standard InChI is InChI=1S/C11H10N4S2/c1-7-2-9-10(12-3-7)15(11(16)14-9)4-8-5-17-6-13-8/h2-3,5-6H,4H2,1H3,(H,14,16). The molecule has 86 valence electrons. The molecule has 3 aromatic rings. The maximum absolute atomic E-state index is 5.31. The van der Waals surface area contributed by atoms with E-state index in [0.29, 0.717) is 11.3 Å². The lowest BCUT2D eigenvalue weighted by atomic mass is 10.3. The minimum Gasteiger partial charge on any atom is -0.329 e. The molecule has 4 nitrogen and oxygen atoms in total. The molecule has 0 aliphatic heterocycles. The Labute approximate surface area is 107 Å². The molecule has 6 heteroatoms. The molecule has 0 atom stereocenters. The lowest BCUT2D eigenvalue weighted by Crippen LogP contribution is -2.00. The number of nitrogens with one attached hydrogen (secondary N) is 1. The second-order valence-electron chi connectivity index (χ2n) is 3.88. The SMILES string of the molecule is Cc1cnc2c(c1)[nH]c(=S)n2Cc1cscn1. The highest BCUT2D eigenvalue weighted by Crippen LogP contribution is 2.14. The van der Waals surface area contributed by atoms with Crippen LogP contribution in [0.15, 0.2) is 23.2 Å². The average Bonchev–Trinajstić information content (AvgIpc) is 2.88. The van der Waals surface area contributed by atoms with Gasteiger partial charge in [-0.25, -0.2) is 9.97 Å². The number of rotatable bonds is 2. The van der Waals surface area contributed by atoms with Crippen molar-refractivity contribution in [2.24, 2.45) is 0 Å². The summed E-state index contributed by atoms with van der Waals surface area (Å²) in [5.41, 5.74) is 5.81. The fraction of sp³-hybridized carbons (Fsp3) is 0.182. The highest BCUT2D eigenvalue weighted by atomic mass is 32.1. The van der Waals surface area contributed by atoms with Gasteiger partial charge in [-0.05, 0) is 30.8 Å². The lowest BCUT2D eigenvalue weighted by Gasteiger charge is -2.00. The molecule has 0 amide bonds. The Hall–Kier alpha value is -1.53. The van der Waals surface area contributed by atoms with Crippen molar-refractivity contribution in [2.75, 3.05) is 0 Å². The Morgan fingerprint density at radius 2 is 2.35 bits per heavy atom. The maximum Gasteiger partial charge on any atom is 0.179 e. The number of thiazole rings is 1. The summed E-state index contributed by atoms with van der Waals surface area (Å²) < 4.78 is 2.66. The summed E-state index contributed by atoms with van der Waals surface area (Å²) in [6, 6.07) is 2.05. The van der Waals surface area contributed by atoms with Crippen LogP contribution in [0.4, 0.5) is 0 Å². The minimum atomic E-state index is 0.665. The van der Waals surface area contributed by atoms with Gasteiger partial charge in [0.15, 0.2) is 10.4 Å². The van der Waals surface area contributed by atoms with Gasteiger partial charge in [-0.3, -0.25) is 4.57 Å². The van der Waals surface area contributed by atoms with Crippen LogP contribution in [-0.2, 0) is 6.54 Å². The second kappa shape index (κ2) is 4.05. The molecule has 1 N–H and O–H groups in total. The molecule has 0 saturated heterocycles. The Morgan fingerprint density at radius 1 is 1.47 bits per heavy atom. The first-order chi connectivity index (χ1) is 8.24. The number of aromatic amines is 1. The van der Waals surface area contributed by atoms with E-state index >= 15 is 0 Å². The van der Waals surface area contributed by atoms with Gasteiger partial charge in [0.25, 0.3) is 0 Å². The smallest absolute Gasteiger partial charge is 0.179 e. The number of pyridine rings is 1. The first-order valence-electron chi connectivity index (χ1n) is 5.16. The fourth-order valence-corrected chi connectivity index (χ4v) is 2.58. The van der Waals surface area contributed by atoms with Gasteiger partial charge in [-0.15, -0.1) is 11.3 Å². The van der Waals surface area contributed by atoms with Crippen LogP contribution in [0.3, 0.4) is 0 Å². The van der Waals surface area contributed by atoms with E-state index < -0.39 is 0 Å². The van der Waals surface area contributed by atoms with Crippen molar-refractivity contribution in [3.8, 4) is 0 Å². The molecule has 0 aliphatic carbocycles. The summed E-state index contributed by atoms with van der Waals surface area (Å²) in [6.07, 6.45) is 1.85. The highest BCUT2D eigenvalue weighted by molar-refractivity contribution is 7.71. The van der Waals surface area contributed by atoms with Crippen molar-refractivity contribution >= 4 is 34.7 Å². The van der Waals surface area contributed by atoms with Crippen LogP contribution in [0.5, 0.6) is 0 Å². The van der Waals surface area contributed by atoms with E-state index in [-0.39, 0.29) is 0 Å². The third-order valence-electron chi connectivity index (χ3n) is 2.55. The van der Waals surface area contributed by atoms with E-state index in [1.807, 2.05) is 28.6 Å².